The van der Waals surface area contributed by atoms with Gasteiger partial charge in [0.1, 0.15) is 5.54 Å². The normalized spacial score (nSPS) is 35.5. The van der Waals surface area contributed by atoms with Gasteiger partial charge in [0.05, 0.1) is 0 Å². The van der Waals surface area contributed by atoms with Crippen LogP contribution in [0.25, 0.3) is 0 Å². The lowest BCUT2D eigenvalue weighted by atomic mass is 9.69. The Morgan fingerprint density at radius 3 is 2.25 bits per heavy atom. The van der Waals surface area contributed by atoms with E-state index < -0.39 is 5.54 Å². The van der Waals surface area contributed by atoms with Crippen LogP contribution in [0.15, 0.2) is 0 Å². The Morgan fingerprint density at radius 1 is 0.929 bits per heavy atom. The third-order valence-corrected chi connectivity index (χ3v) is 8.64. The lowest BCUT2D eigenvalue weighted by Gasteiger charge is -2.38. The maximum absolute atomic E-state index is 13.2. The van der Waals surface area contributed by atoms with Gasteiger partial charge in [0.2, 0.25) is 0 Å². The Kier molecular flexibility index (Phi) is 6.32. The first-order valence-electron chi connectivity index (χ1n) is 12.2. The van der Waals surface area contributed by atoms with Gasteiger partial charge in [-0.2, -0.15) is 0 Å². The second-order valence-electron chi connectivity index (χ2n) is 10.5. The van der Waals surface area contributed by atoms with Crippen LogP contribution >= 0.6 is 0 Å². The molecule has 1 saturated heterocycles. The highest BCUT2D eigenvalue weighted by Gasteiger charge is 2.49. The van der Waals surface area contributed by atoms with E-state index in [4.69, 9.17) is 5.41 Å². The number of guanidine groups is 1. The average Bonchev–Trinajstić information content (AvgIpc) is 3.32. The van der Waals surface area contributed by atoms with Crippen molar-refractivity contribution in [3.63, 3.8) is 0 Å². The highest BCUT2D eigenvalue weighted by atomic mass is 16.2. The zero-order valence-corrected chi connectivity index (χ0v) is 18.0. The molecule has 0 radical (unpaired) electrons. The summed E-state index contributed by atoms with van der Waals surface area (Å²) in [5.41, 5.74) is -0.495. The molecule has 158 valence electrons. The molecular weight excluding hydrogens is 346 g/mol. The van der Waals surface area contributed by atoms with E-state index in [1.165, 1.54) is 83.5 Å². The first-order valence-corrected chi connectivity index (χ1v) is 12.2. The molecule has 2 N–H and O–H groups in total. The van der Waals surface area contributed by atoms with Crippen LogP contribution in [0.2, 0.25) is 0 Å². The fourth-order valence-corrected chi connectivity index (χ4v) is 6.99. The zero-order chi connectivity index (χ0) is 19.6. The van der Waals surface area contributed by atoms with Crippen molar-refractivity contribution >= 4 is 11.9 Å². The van der Waals surface area contributed by atoms with Crippen molar-refractivity contribution in [1.82, 2.24) is 10.2 Å². The van der Waals surface area contributed by atoms with Gasteiger partial charge in [-0.3, -0.25) is 15.1 Å². The fraction of sp³-hybridized carbons (Fsp3) is 0.917. The van der Waals surface area contributed by atoms with Crippen molar-refractivity contribution in [2.24, 2.45) is 23.7 Å². The summed E-state index contributed by atoms with van der Waals surface area (Å²) in [5.74, 6) is 3.77. The molecule has 3 saturated carbocycles. The van der Waals surface area contributed by atoms with Gasteiger partial charge in [-0.05, 0) is 49.4 Å². The number of hydrogen-bond donors (Lipinski definition) is 2. The molecule has 0 aromatic carbocycles. The molecule has 3 aliphatic carbocycles. The van der Waals surface area contributed by atoms with E-state index in [9.17, 15) is 4.79 Å². The summed E-state index contributed by atoms with van der Waals surface area (Å²) in [6.45, 7) is 0. The number of carbonyl (C=O) groups is 1. The number of likely N-dealkylation sites (N-methyl/N-ethyl adjacent to an activating group) is 1. The van der Waals surface area contributed by atoms with Gasteiger partial charge < -0.3 is 5.32 Å². The van der Waals surface area contributed by atoms with Crippen LogP contribution in [0.1, 0.15) is 103 Å². The topological polar surface area (TPSA) is 56.2 Å². The Balaban J connectivity index is 1.42. The maximum atomic E-state index is 13.2. The van der Waals surface area contributed by atoms with Crippen molar-refractivity contribution in [3.8, 4) is 0 Å². The minimum absolute atomic E-state index is 0.163. The number of hydrogen-bond acceptors (Lipinski definition) is 2. The molecule has 1 heterocycles. The van der Waals surface area contributed by atoms with Crippen molar-refractivity contribution in [1.29, 1.82) is 5.41 Å². The molecule has 0 aromatic rings. The molecule has 0 unspecified atom stereocenters. The molecule has 1 aliphatic heterocycles. The lowest BCUT2D eigenvalue weighted by Crippen LogP contribution is -2.49. The predicted octanol–water partition coefficient (Wildman–Crippen LogP) is 5.47. The van der Waals surface area contributed by atoms with Crippen LogP contribution in [0, 0.1) is 29.1 Å². The van der Waals surface area contributed by atoms with E-state index in [1.807, 2.05) is 0 Å². The second-order valence-corrected chi connectivity index (χ2v) is 10.5. The first-order chi connectivity index (χ1) is 13.6. The SMILES string of the molecule is CN1C(=N)N[C@](CCC2CCCCC2)(C[C@H]2CCC[C@H](C3CCCC3)C2)C1=O. The van der Waals surface area contributed by atoms with Crippen LogP contribution in [-0.4, -0.2) is 29.4 Å². The summed E-state index contributed by atoms with van der Waals surface area (Å²) < 4.78 is 0. The summed E-state index contributed by atoms with van der Waals surface area (Å²) >= 11 is 0. The van der Waals surface area contributed by atoms with Crippen molar-refractivity contribution in [2.75, 3.05) is 7.05 Å². The highest BCUT2D eigenvalue weighted by molar-refractivity contribution is 6.07. The Hall–Kier alpha value is -1.06. The molecule has 4 nitrogen and oxygen atoms in total. The van der Waals surface area contributed by atoms with E-state index in [0.29, 0.717) is 11.9 Å². The third kappa shape index (κ3) is 4.26. The minimum atomic E-state index is -0.495. The van der Waals surface area contributed by atoms with E-state index in [-0.39, 0.29) is 5.91 Å². The molecule has 4 rings (SSSR count). The number of amides is 1. The largest absolute Gasteiger partial charge is 0.342 e. The van der Waals surface area contributed by atoms with Gasteiger partial charge in [0.15, 0.2) is 5.96 Å². The molecule has 0 aromatic heterocycles. The lowest BCUT2D eigenvalue weighted by molar-refractivity contribution is -0.131. The van der Waals surface area contributed by atoms with Crippen molar-refractivity contribution in [3.05, 3.63) is 0 Å². The van der Waals surface area contributed by atoms with E-state index in [2.05, 4.69) is 5.32 Å². The van der Waals surface area contributed by atoms with Gasteiger partial charge in [-0.15, -0.1) is 0 Å². The molecule has 4 heteroatoms. The van der Waals surface area contributed by atoms with Crippen molar-refractivity contribution in [2.45, 2.75) is 108 Å². The minimum Gasteiger partial charge on any atom is -0.342 e. The molecule has 0 bridgehead atoms. The molecule has 3 atom stereocenters. The standard InChI is InChI=1S/C24H41N3O/c1-27-22(28)24(26-23(27)25,15-14-18-8-3-2-4-9-18)17-19-10-7-13-21(16-19)20-11-5-6-12-20/h18-21H,2-17H2,1H3,(H2,25,26)/t19-,21-,24+/m0/s1. The Bertz CT molecular complexity index is 564. The van der Waals surface area contributed by atoms with E-state index >= 15 is 0 Å². The van der Waals surface area contributed by atoms with Gasteiger partial charge >= 0.3 is 0 Å². The Labute approximate surface area is 171 Å². The average molecular weight is 388 g/mol. The van der Waals surface area contributed by atoms with Gasteiger partial charge in [-0.1, -0.05) is 77.0 Å². The smallest absolute Gasteiger partial charge is 0.254 e. The monoisotopic (exact) mass is 387 g/mol. The zero-order valence-electron chi connectivity index (χ0n) is 18.0. The van der Waals surface area contributed by atoms with E-state index in [0.717, 1.165) is 37.0 Å². The highest BCUT2D eigenvalue weighted by Crippen LogP contribution is 2.44. The van der Waals surface area contributed by atoms with Crippen molar-refractivity contribution < 1.29 is 4.79 Å². The number of nitrogens with one attached hydrogen (secondary N) is 2. The molecule has 1 amide bonds. The Morgan fingerprint density at radius 2 is 1.57 bits per heavy atom. The van der Waals surface area contributed by atoms with Gasteiger partial charge in [0.25, 0.3) is 5.91 Å². The van der Waals surface area contributed by atoms with Crippen LogP contribution in [0.4, 0.5) is 0 Å². The molecule has 0 spiro atoms. The van der Waals surface area contributed by atoms with Gasteiger partial charge in [-0.25, -0.2) is 0 Å². The summed E-state index contributed by atoms with van der Waals surface area (Å²) in [4.78, 5) is 14.8. The number of carbonyl (C=O) groups excluding carboxylic acids is 1. The predicted molar refractivity (Wildman–Crippen MR) is 114 cm³/mol. The number of nitrogens with zero attached hydrogens (tertiary/aromatic N) is 1. The van der Waals surface area contributed by atoms with Gasteiger partial charge in [0, 0.05) is 7.05 Å². The molecule has 4 fully saturated rings. The molecule has 28 heavy (non-hydrogen) atoms. The van der Waals surface area contributed by atoms with Crippen LogP contribution in [0.5, 0.6) is 0 Å². The van der Waals surface area contributed by atoms with Crippen LogP contribution in [0.3, 0.4) is 0 Å². The first kappa shape index (κ1) is 20.2. The maximum Gasteiger partial charge on any atom is 0.254 e. The molecular formula is C24H41N3O. The summed E-state index contributed by atoms with van der Waals surface area (Å²) in [7, 11) is 1.78. The quantitative estimate of drug-likeness (QED) is 0.635. The summed E-state index contributed by atoms with van der Waals surface area (Å²) in [6, 6.07) is 0. The fourth-order valence-electron chi connectivity index (χ4n) is 6.99. The summed E-state index contributed by atoms with van der Waals surface area (Å²) in [6.07, 6.45) is 20.9. The molecule has 4 aliphatic rings. The number of rotatable bonds is 6. The summed E-state index contributed by atoms with van der Waals surface area (Å²) in [5, 5.41) is 11.6. The van der Waals surface area contributed by atoms with Crippen LogP contribution in [-0.2, 0) is 4.79 Å². The second kappa shape index (κ2) is 8.75. The third-order valence-electron chi connectivity index (χ3n) is 8.64. The van der Waals surface area contributed by atoms with Crippen LogP contribution < -0.4 is 5.32 Å². The van der Waals surface area contributed by atoms with E-state index in [1.54, 1.807) is 11.9 Å².